The van der Waals surface area contributed by atoms with Crippen molar-refractivity contribution in [2.24, 2.45) is 0 Å². The molecular weight excluding hydrogens is 632 g/mol. The van der Waals surface area contributed by atoms with Crippen LogP contribution in [0.1, 0.15) is 69.0 Å². The number of benzene rings is 2. The molecule has 0 atom stereocenters. The molecule has 0 saturated carbocycles. The monoisotopic (exact) mass is 674 g/mol. The normalized spacial score (nSPS) is 14.5. The van der Waals surface area contributed by atoms with Crippen LogP contribution in [-0.2, 0) is 29.7 Å². The van der Waals surface area contributed by atoms with Gasteiger partial charge in [0.2, 0.25) is 0 Å². The van der Waals surface area contributed by atoms with Crippen LogP contribution in [0, 0.1) is 78.7 Å². The summed E-state index contributed by atoms with van der Waals surface area (Å²) in [7, 11) is 0. The van der Waals surface area contributed by atoms with Crippen molar-refractivity contribution in [2.45, 2.75) is 81.3 Å². The molecule has 2 aliphatic rings. The van der Waals surface area contributed by atoms with E-state index < -0.39 is 39.9 Å². The van der Waals surface area contributed by atoms with Gasteiger partial charge in [-0.05, 0) is 0 Å². The zero-order valence-corrected chi connectivity index (χ0v) is 30.1. The molecule has 0 radical (unpaired) electrons. The van der Waals surface area contributed by atoms with Gasteiger partial charge in [0.05, 0.1) is 0 Å². The van der Waals surface area contributed by atoms with E-state index in [-0.39, 0.29) is 20.8 Å². The zero-order valence-electron chi connectivity index (χ0n) is 28.5. The van der Waals surface area contributed by atoms with Gasteiger partial charge in [0, 0.05) is 0 Å². The quantitative estimate of drug-likeness (QED) is 0.130. The summed E-state index contributed by atoms with van der Waals surface area (Å²) in [6, 6.07) is 5.56. The Balaban J connectivity index is 1.65. The van der Waals surface area contributed by atoms with Crippen molar-refractivity contribution in [2.75, 3.05) is 0 Å². The Bertz CT molecular complexity index is 1870. The molecule has 2 aromatic heterocycles. The molecule has 0 spiro atoms. The number of hydrogen-bond donors (Lipinski definition) is 0. The molecule has 0 amide bonds. The van der Waals surface area contributed by atoms with Crippen molar-refractivity contribution in [3.63, 3.8) is 0 Å². The standard InChI is InChI=1S/2C15H16F2N.2C5H5.Ti/c2*1-9-10(2)12(4)18(11(9)3)8-13-5-6-14(16)7-15(13)17;2*1-2-4-5-3-1;/h2*5-6H,8H2,1-4H3;2*1-3H,4H2;. The number of halogens is 4. The number of rotatable bonds is 8. The number of allylic oxidation sites excluding steroid dienone is 8. The minimum atomic E-state index is -4.94. The van der Waals surface area contributed by atoms with E-state index in [9.17, 15) is 0 Å². The maximum atomic E-state index is 17.4. The Morgan fingerprint density at radius 1 is 0.532 bits per heavy atom. The molecule has 2 nitrogen and oxygen atoms in total. The topological polar surface area (TPSA) is 9.86 Å². The fourth-order valence-electron chi connectivity index (χ4n) is 7.76. The zero-order chi connectivity index (χ0) is 33.9. The Labute approximate surface area is 279 Å². The molecule has 0 saturated heterocycles. The second-order valence-corrected chi connectivity index (χ2v) is 19.1. The number of aromatic nitrogens is 2. The Morgan fingerprint density at radius 2 is 0.872 bits per heavy atom. The van der Waals surface area contributed by atoms with E-state index in [0.29, 0.717) is 31.7 Å². The van der Waals surface area contributed by atoms with Crippen molar-refractivity contribution < 1.29 is 34.2 Å². The van der Waals surface area contributed by atoms with E-state index >= 15 is 17.6 Å². The summed E-state index contributed by atoms with van der Waals surface area (Å²) in [5.41, 5.74) is 9.14. The molecule has 2 heterocycles. The summed E-state index contributed by atoms with van der Waals surface area (Å²) in [6.07, 6.45) is 12.0. The summed E-state index contributed by atoms with van der Waals surface area (Å²) in [5.74, 6) is -2.93. The third kappa shape index (κ3) is 5.11. The van der Waals surface area contributed by atoms with Crippen LogP contribution in [0.25, 0.3) is 0 Å². The average molecular weight is 675 g/mol. The van der Waals surface area contributed by atoms with Crippen LogP contribution >= 0.6 is 0 Å². The molecule has 6 rings (SSSR count). The second kappa shape index (κ2) is 12.4. The minimum absolute atomic E-state index is 0.154. The first-order valence-electron chi connectivity index (χ1n) is 16.2. The van der Waals surface area contributed by atoms with Crippen LogP contribution < -0.4 is 7.74 Å². The van der Waals surface area contributed by atoms with E-state index in [2.05, 4.69) is 0 Å². The Kier molecular flexibility index (Phi) is 8.82. The third-order valence-corrected chi connectivity index (χ3v) is 19.1. The van der Waals surface area contributed by atoms with Crippen molar-refractivity contribution in [3.05, 3.63) is 148 Å². The summed E-state index contributed by atoms with van der Waals surface area (Å²) >= 11 is -4.94. The Hall–Kier alpha value is -3.61. The maximum absolute atomic E-state index is 17.4. The summed E-state index contributed by atoms with van der Waals surface area (Å²) in [5, 5.41) is 0. The van der Waals surface area contributed by atoms with Crippen LogP contribution in [0.3, 0.4) is 0 Å². The number of hydrogen-bond acceptors (Lipinski definition) is 0. The predicted octanol–water partition coefficient (Wildman–Crippen LogP) is 9.20. The summed E-state index contributed by atoms with van der Waals surface area (Å²) in [6.45, 7) is 16.5. The number of nitrogens with zero attached hydrogens (tertiary/aromatic N) is 2. The van der Waals surface area contributed by atoms with Gasteiger partial charge in [-0.2, -0.15) is 0 Å². The first-order chi connectivity index (χ1) is 22.3. The second-order valence-electron chi connectivity index (χ2n) is 13.2. The molecule has 2 aromatic carbocycles. The van der Waals surface area contributed by atoms with E-state index in [4.69, 9.17) is 0 Å². The van der Waals surface area contributed by atoms with E-state index in [1.54, 1.807) is 0 Å². The first kappa shape index (κ1) is 33.3. The molecule has 0 N–H and O–H groups in total. The SMILES string of the molecule is Cc1c(C)c(C)n(Cc2ccc(F)[c]([Ti]([C]3=CC=CC3)([C]3=CC=CC3)[c]3c(F)ccc(Cn4c(C)c(C)c(C)c4C)c3F)c2F)c1C. The van der Waals surface area contributed by atoms with Gasteiger partial charge >= 0.3 is 280 Å². The Morgan fingerprint density at radius 3 is 1.17 bits per heavy atom. The van der Waals surface area contributed by atoms with Gasteiger partial charge in [-0.3, -0.25) is 0 Å². The fraction of sp³-hybridized carbons (Fsp3) is 0.300. The molecule has 0 unspecified atom stereocenters. The van der Waals surface area contributed by atoms with Crippen molar-refractivity contribution >= 4 is 7.74 Å². The van der Waals surface area contributed by atoms with Gasteiger partial charge in [0.25, 0.3) is 0 Å². The van der Waals surface area contributed by atoms with Gasteiger partial charge < -0.3 is 0 Å². The molecule has 2 aliphatic carbocycles. The van der Waals surface area contributed by atoms with Crippen LogP contribution in [0.5, 0.6) is 0 Å². The van der Waals surface area contributed by atoms with E-state index in [0.717, 1.165) is 45.0 Å². The van der Waals surface area contributed by atoms with Crippen LogP contribution in [0.15, 0.2) is 68.5 Å². The predicted molar refractivity (Wildman–Crippen MR) is 181 cm³/mol. The van der Waals surface area contributed by atoms with Crippen molar-refractivity contribution in [3.8, 4) is 0 Å². The molecule has 244 valence electrons. The molecule has 4 aromatic rings. The molecule has 0 fully saturated rings. The van der Waals surface area contributed by atoms with Gasteiger partial charge in [0.15, 0.2) is 0 Å². The van der Waals surface area contributed by atoms with Crippen molar-refractivity contribution in [1.29, 1.82) is 0 Å². The van der Waals surface area contributed by atoms with Gasteiger partial charge in [-0.15, -0.1) is 0 Å². The molecule has 0 bridgehead atoms. The third-order valence-electron chi connectivity index (χ3n) is 11.2. The van der Waals surface area contributed by atoms with Crippen LogP contribution in [0.4, 0.5) is 17.6 Å². The summed E-state index contributed by atoms with van der Waals surface area (Å²) in [4.78, 5) is 0. The first-order valence-corrected chi connectivity index (χ1v) is 19.4. The molecule has 7 heteroatoms. The van der Waals surface area contributed by atoms with E-state index in [1.807, 2.05) is 101 Å². The fourth-order valence-corrected chi connectivity index (χ4v) is 16.1. The van der Waals surface area contributed by atoms with Crippen LogP contribution in [0.2, 0.25) is 0 Å². The van der Waals surface area contributed by atoms with Gasteiger partial charge in [0.1, 0.15) is 0 Å². The molecule has 0 aliphatic heterocycles. The van der Waals surface area contributed by atoms with Gasteiger partial charge in [-0.25, -0.2) is 0 Å². The van der Waals surface area contributed by atoms with Gasteiger partial charge in [-0.1, -0.05) is 0 Å². The van der Waals surface area contributed by atoms with Crippen molar-refractivity contribution in [1.82, 2.24) is 9.13 Å². The van der Waals surface area contributed by atoms with E-state index in [1.165, 1.54) is 24.3 Å². The molecular formula is C40H42F4N2Ti. The summed E-state index contributed by atoms with van der Waals surface area (Å²) < 4.78 is 73.2. The van der Waals surface area contributed by atoms with Crippen LogP contribution in [-0.4, -0.2) is 9.13 Å². The average Bonchev–Trinajstić information content (AvgIpc) is 3.85. The molecule has 47 heavy (non-hydrogen) atoms.